The molecule has 2 rings (SSSR count). The molecule has 0 saturated carbocycles. The summed E-state index contributed by atoms with van der Waals surface area (Å²) in [7, 11) is 0. The van der Waals surface area contributed by atoms with E-state index in [0.29, 0.717) is 21.3 Å². The van der Waals surface area contributed by atoms with E-state index in [1.54, 1.807) is 6.92 Å². The molecule has 0 aliphatic rings. The zero-order valence-electron chi connectivity index (χ0n) is 8.80. The Bertz CT molecular complexity index is 607. The van der Waals surface area contributed by atoms with E-state index in [2.05, 4.69) is 4.98 Å². The van der Waals surface area contributed by atoms with Crippen LogP contribution in [-0.2, 0) is 6.42 Å². The van der Waals surface area contributed by atoms with Gasteiger partial charge in [0, 0.05) is 16.5 Å². The summed E-state index contributed by atoms with van der Waals surface area (Å²) in [6, 6.07) is 3.43. The van der Waals surface area contributed by atoms with Crippen LogP contribution in [0.5, 0.6) is 0 Å². The van der Waals surface area contributed by atoms with Crippen molar-refractivity contribution in [3.8, 4) is 6.07 Å². The van der Waals surface area contributed by atoms with E-state index >= 15 is 0 Å². The Morgan fingerprint density at radius 1 is 1.47 bits per heavy atom. The van der Waals surface area contributed by atoms with Crippen molar-refractivity contribution in [1.29, 1.82) is 5.26 Å². The molecule has 2 heterocycles. The van der Waals surface area contributed by atoms with Crippen LogP contribution in [0.25, 0.3) is 10.2 Å². The number of aryl methyl sites for hydroxylation is 1. The van der Waals surface area contributed by atoms with E-state index < -0.39 is 12.6 Å². The lowest BCUT2D eigenvalue weighted by molar-refractivity contribution is -0.126. The summed E-state index contributed by atoms with van der Waals surface area (Å²) in [6.45, 7) is 1.71. The largest absolute Gasteiger partial charge is 0.393 e. The average Bonchev–Trinajstić information content (AvgIpc) is 2.59. The highest BCUT2D eigenvalue weighted by Gasteiger charge is 2.28. The number of thiophene rings is 1. The summed E-state index contributed by atoms with van der Waals surface area (Å²) < 4.78 is 36.7. The minimum Gasteiger partial charge on any atom is -0.244 e. The lowest BCUT2D eigenvalue weighted by Gasteiger charge is -2.01. The molecule has 2 nitrogen and oxygen atoms in total. The zero-order valence-corrected chi connectivity index (χ0v) is 9.61. The topological polar surface area (TPSA) is 36.7 Å². The fourth-order valence-corrected chi connectivity index (χ4v) is 2.65. The van der Waals surface area contributed by atoms with Crippen molar-refractivity contribution in [2.24, 2.45) is 0 Å². The Kier molecular flexibility index (Phi) is 2.79. The first-order valence-corrected chi connectivity index (χ1v) is 5.57. The van der Waals surface area contributed by atoms with Gasteiger partial charge in [-0.25, -0.2) is 4.98 Å². The van der Waals surface area contributed by atoms with Crippen LogP contribution in [0.1, 0.15) is 16.0 Å². The van der Waals surface area contributed by atoms with Gasteiger partial charge in [-0.15, -0.1) is 11.3 Å². The number of nitriles is 1. The highest BCUT2D eigenvalue weighted by molar-refractivity contribution is 7.18. The SMILES string of the molecule is Cc1c(C#N)cnc2sc(CC(F)(F)F)cc12. The van der Waals surface area contributed by atoms with Gasteiger partial charge in [0.1, 0.15) is 10.9 Å². The second-order valence-corrected chi connectivity index (χ2v) is 4.75. The maximum atomic E-state index is 12.2. The first kappa shape index (κ1) is 11.9. The van der Waals surface area contributed by atoms with E-state index in [0.717, 1.165) is 11.3 Å². The minimum atomic E-state index is -4.22. The normalized spacial score (nSPS) is 11.7. The van der Waals surface area contributed by atoms with Crippen molar-refractivity contribution < 1.29 is 13.2 Å². The van der Waals surface area contributed by atoms with Crippen LogP contribution in [0.15, 0.2) is 12.3 Å². The van der Waals surface area contributed by atoms with Crippen molar-refractivity contribution in [1.82, 2.24) is 4.98 Å². The molecule has 0 aliphatic heterocycles. The molecule has 2 aromatic heterocycles. The lowest BCUT2D eigenvalue weighted by Crippen LogP contribution is -2.09. The second kappa shape index (κ2) is 4.00. The molecule has 0 amide bonds. The van der Waals surface area contributed by atoms with Gasteiger partial charge in [0.05, 0.1) is 12.0 Å². The van der Waals surface area contributed by atoms with Crippen molar-refractivity contribution in [2.75, 3.05) is 0 Å². The molecule has 0 saturated heterocycles. The number of hydrogen-bond donors (Lipinski definition) is 0. The van der Waals surface area contributed by atoms with Gasteiger partial charge < -0.3 is 0 Å². The standard InChI is InChI=1S/C11H7F3N2S/c1-6-7(4-15)5-16-10-9(6)2-8(17-10)3-11(12,13)14/h2,5H,3H2,1H3. The van der Waals surface area contributed by atoms with E-state index in [9.17, 15) is 13.2 Å². The van der Waals surface area contributed by atoms with E-state index in [-0.39, 0.29) is 4.88 Å². The molecule has 6 heteroatoms. The number of nitrogens with zero attached hydrogens (tertiary/aromatic N) is 2. The van der Waals surface area contributed by atoms with E-state index in [4.69, 9.17) is 5.26 Å². The molecule has 2 aromatic rings. The van der Waals surface area contributed by atoms with Gasteiger partial charge in [0.25, 0.3) is 0 Å². The first-order chi connectivity index (χ1) is 7.90. The highest BCUT2D eigenvalue weighted by Crippen LogP contribution is 2.32. The third-order valence-corrected chi connectivity index (χ3v) is 3.42. The van der Waals surface area contributed by atoms with Gasteiger partial charge in [0.15, 0.2) is 0 Å². The van der Waals surface area contributed by atoms with Gasteiger partial charge >= 0.3 is 6.18 Å². The van der Waals surface area contributed by atoms with Crippen molar-refractivity contribution in [3.05, 3.63) is 28.3 Å². The van der Waals surface area contributed by atoms with E-state index in [1.165, 1.54) is 12.3 Å². The predicted octanol–water partition coefficient (Wildman–Crippen LogP) is 3.58. The summed E-state index contributed by atoms with van der Waals surface area (Å²) in [5, 5.41) is 9.44. The van der Waals surface area contributed by atoms with Crippen LogP contribution >= 0.6 is 11.3 Å². The number of pyridine rings is 1. The van der Waals surface area contributed by atoms with E-state index in [1.807, 2.05) is 6.07 Å². The molecule has 88 valence electrons. The lowest BCUT2D eigenvalue weighted by atomic mass is 10.1. The molecule has 0 N–H and O–H groups in total. The van der Waals surface area contributed by atoms with Gasteiger partial charge in [0.2, 0.25) is 0 Å². The maximum absolute atomic E-state index is 12.2. The fourth-order valence-electron chi connectivity index (χ4n) is 1.56. The van der Waals surface area contributed by atoms with Gasteiger partial charge in [-0.1, -0.05) is 0 Å². The minimum absolute atomic E-state index is 0.221. The Morgan fingerprint density at radius 3 is 2.76 bits per heavy atom. The Hall–Kier alpha value is -1.61. The van der Waals surface area contributed by atoms with Gasteiger partial charge in [-0.05, 0) is 18.6 Å². The number of halogens is 3. The van der Waals surface area contributed by atoms with Crippen LogP contribution in [0, 0.1) is 18.3 Å². The monoisotopic (exact) mass is 256 g/mol. The summed E-state index contributed by atoms with van der Waals surface area (Å²) in [4.78, 5) is 4.76. The molecular weight excluding hydrogens is 249 g/mol. The Balaban J connectivity index is 2.52. The molecule has 0 aliphatic carbocycles. The summed E-state index contributed by atoms with van der Waals surface area (Å²) in [6.07, 6.45) is -3.77. The van der Waals surface area contributed by atoms with Crippen molar-refractivity contribution in [2.45, 2.75) is 19.5 Å². The molecule has 0 aromatic carbocycles. The molecule has 17 heavy (non-hydrogen) atoms. The number of aromatic nitrogens is 1. The summed E-state index contributed by atoms with van der Waals surface area (Å²) >= 11 is 1.02. The number of fused-ring (bicyclic) bond motifs is 1. The van der Waals surface area contributed by atoms with Crippen molar-refractivity contribution >= 4 is 21.6 Å². The molecule has 0 unspecified atom stereocenters. The number of hydrogen-bond acceptors (Lipinski definition) is 3. The Labute approximate surface area is 99.3 Å². The van der Waals surface area contributed by atoms with Gasteiger partial charge in [-0.2, -0.15) is 18.4 Å². The van der Waals surface area contributed by atoms with Crippen LogP contribution in [-0.4, -0.2) is 11.2 Å². The smallest absolute Gasteiger partial charge is 0.244 e. The number of rotatable bonds is 1. The molecule has 0 spiro atoms. The first-order valence-electron chi connectivity index (χ1n) is 4.75. The molecule has 0 fully saturated rings. The predicted molar refractivity (Wildman–Crippen MR) is 58.8 cm³/mol. The summed E-state index contributed by atoms with van der Waals surface area (Å²) in [5.41, 5.74) is 1.08. The molecule has 0 radical (unpaired) electrons. The average molecular weight is 256 g/mol. The van der Waals surface area contributed by atoms with Crippen molar-refractivity contribution in [3.63, 3.8) is 0 Å². The zero-order chi connectivity index (χ0) is 12.6. The third kappa shape index (κ3) is 2.39. The molecular formula is C11H7F3N2S. The maximum Gasteiger partial charge on any atom is 0.393 e. The van der Waals surface area contributed by atoms with Crippen LogP contribution in [0.2, 0.25) is 0 Å². The number of alkyl halides is 3. The molecule has 0 atom stereocenters. The van der Waals surface area contributed by atoms with Crippen LogP contribution in [0.4, 0.5) is 13.2 Å². The Morgan fingerprint density at radius 2 is 2.18 bits per heavy atom. The van der Waals surface area contributed by atoms with Gasteiger partial charge in [-0.3, -0.25) is 0 Å². The van der Waals surface area contributed by atoms with Crippen LogP contribution < -0.4 is 0 Å². The third-order valence-electron chi connectivity index (χ3n) is 2.38. The summed E-state index contributed by atoms with van der Waals surface area (Å²) in [5.74, 6) is 0. The quantitative estimate of drug-likeness (QED) is 0.781. The second-order valence-electron chi connectivity index (χ2n) is 3.63. The van der Waals surface area contributed by atoms with Crippen LogP contribution in [0.3, 0.4) is 0 Å². The highest BCUT2D eigenvalue weighted by atomic mass is 32.1. The molecule has 0 bridgehead atoms. The fraction of sp³-hybridized carbons (Fsp3) is 0.273.